The number of hydrogen-bond donors (Lipinski definition) is 2. The van der Waals surface area contributed by atoms with Crippen molar-refractivity contribution in [1.29, 1.82) is 0 Å². The largest absolute Gasteiger partial charge is 0.472 e. The van der Waals surface area contributed by atoms with Gasteiger partial charge in [-0.1, -0.05) is 31.9 Å². The average Bonchev–Trinajstić information content (AvgIpc) is 2.37. The summed E-state index contributed by atoms with van der Waals surface area (Å²) < 4.78 is 0. The lowest BCUT2D eigenvalue weighted by Gasteiger charge is -2.05. The molecule has 6 nitrogen and oxygen atoms in total. The van der Waals surface area contributed by atoms with Gasteiger partial charge in [0.05, 0.1) is 6.10 Å². The van der Waals surface area contributed by atoms with Crippen molar-refractivity contribution in [1.82, 2.24) is 0 Å². The fraction of sp³-hybridized carbons (Fsp3) is 0.643. The predicted octanol–water partition coefficient (Wildman–Crippen LogP) is 1.98. The van der Waals surface area contributed by atoms with Gasteiger partial charge in [-0.25, -0.2) is 4.79 Å². The molecule has 0 fully saturated rings. The monoisotopic (exact) mass is 282 g/mol. The molecule has 0 saturated heterocycles. The van der Waals surface area contributed by atoms with E-state index in [1.807, 2.05) is 12.2 Å². The van der Waals surface area contributed by atoms with Crippen LogP contribution in [0.4, 0.5) is 0 Å². The second-order valence-electron chi connectivity index (χ2n) is 4.58. The summed E-state index contributed by atoms with van der Waals surface area (Å²) in [6.45, 7) is 2.14. The highest BCUT2D eigenvalue weighted by molar-refractivity contribution is 6.61. The molecule has 0 aliphatic rings. The van der Waals surface area contributed by atoms with E-state index >= 15 is 0 Å². The molecule has 0 bridgehead atoms. The molecule has 0 heterocycles. The van der Waals surface area contributed by atoms with E-state index in [-0.39, 0.29) is 6.42 Å². The van der Waals surface area contributed by atoms with Gasteiger partial charge in [0.25, 0.3) is 5.78 Å². The third-order valence-electron chi connectivity index (χ3n) is 2.80. The van der Waals surface area contributed by atoms with Crippen LogP contribution in [0, 0.1) is 0 Å². The minimum atomic E-state index is -1.60. The van der Waals surface area contributed by atoms with Crippen LogP contribution in [0.5, 0.6) is 0 Å². The Balaban J connectivity index is 3.94. The number of aliphatic hydroxyl groups excluding tert-OH is 1. The maximum absolute atomic E-state index is 11.4. The van der Waals surface area contributed by atoms with Gasteiger partial charge in [0, 0.05) is 6.42 Å². The van der Waals surface area contributed by atoms with E-state index in [1.165, 1.54) is 12.8 Å². The number of carbonyl (C=O) groups excluding carboxylic acids is 1. The van der Waals surface area contributed by atoms with Gasteiger partial charge in [0.15, 0.2) is 0 Å². The molecule has 0 amide bonds. The van der Waals surface area contributed by atoms with Crippen LogP contribution in [-0.4, -0.2) is 38.6 Å². The van der Waals surface area contributed by atoms with Gasteiger partial charge in [-0.3, -0.25) is 4.79 Å². The SMILES string of the molecule is CCCCCC=CCCC(O)CC(=O)C(=[N+]=[N-])C(=O)O. The number of unbranched alkanes of at least 4 members (excludes halogenated alkanes) is 3. The summed E-state index contributed by atoms with van der Waals surface area (Å²) in [6.07, 6.45) is 8.21. The summed E-state index contributed by atoms with van der Waals surface area (Å²) in [5, 5.41) is 18.2. The van der Waals surface area contributed by atoms with Gasteiger partial charge in [-0.05, 0) is 25.7 Å². The van der Waals surface area contributed by atoms with Crippen molar-refractivity contribution >= 4 is 17.5 Å². The molecule has 6 heteroatoms. The molecule has 0 aromatic carbocycles. The number of aliphatic carboxylic acids is 1. The molecule has 112 valence electrons. The first-order valence-corrected chi connectivity index (χ1v) is 6.84. The first-order chi connectivity index (χ1) is 9.52. The average molecular weight is 282 g/mol. The Kier molecular flexibility index (Phi) is 10.1. The van der Waals surface area contributed by atoms with E-state index in [0.717, 1.165) is 12.8 Å². The molecule has 0 spiro atoms. The van der Waals surface area contributed by atoms with E-state index < -0.39 is 23.6 Å². The van der Waals surface area contributed by atoms with Crippen LogP contribution in [0.2, 0.25) is 0 Å². The van der Waals surface area contributed by atoms with Gasteiger partial charge in [0.2, 0.25) is 0 Å². The highest BCUT2D eigenvalue weighted by atomic mass is 16.4. The second kappa shape index (κ2) is 11.1. The minimum absolute atomic E-state index is 0.352. The number of allylic oxidation sites excluding steroid dienone is 2. The zero-order valence-corrected chi connectivity index (χ0v) is 11.8. The molecular weight excluding hydrogens is 260 g/mol. The van der Waals surface area contributed by atoms with Crippen LogP contribution in [0.3, 0.4) is 0 Å². The number of carboxylic acid groups (broad SMARTS) is 1. The Hall–Kier alpha value is -1.78. The number of carboxylic acids is 1. The van der Waals surface area contributed by atoms with Crippen molar-refractivity contribution in [3.8, 4) is 0 Å². The highest BCUT2D eigenvalue weighted by Crippen LogP contribution is 2.06. The maximum atomic E-state index is 11.4. The predicted molar refractivity (Wildman–Crippen MR) is 74.4 cm³/mol. The molecule has 0 aliphatic carbocycles. The van der Waals surface area contributed by atoms with Crippen LogP contribution in [0.15, 0.2) is 12.2 Å². The summed E-state index contributed by atoms with van der Waals surface area (Å²) in [4.78, 5) is 24.3. The zero-order chi connectivity index (χ0) is 15.4. The topological polar surface area (TPSA) is 111 Å². The summed E-state index contributed by atoms with van der Waals surface area (Å²) in [5.41, 5.74) is 7.44. The number of nitrogens with zero attached hydrogens (tertiary/aromatic N) is 2. The number of Topliss-reactive ketones (excluding diaryl/α,β-unsaturated/α-hetero) is 1. The minimum Gasteiger partial charge on any atom is -0.472 e. The molecular formula is C14H22N2O4. The van der Waals surface area contributed by atoms with Crippen molar-refractivity contribution in [2.75, 3.05) is 0 Å². The van der Waals surface area contributed by atoms with E-state index in [4.69, 9.17) is 10.6 Å². The van der Waals surface area contributed by atoms with Gasteiger partial charge in [-0.2, -0.15) is 4.79 Å². The Morgan fingerprint density at radius 3 is 2.45 bits per heavy atom. The summed E-state index contributed by atoms with van der Waals surface area (Å²) >= 11 is 0. The van der Waals surface area contributed by atoms with Gasteiger partial charge < -0.3 is 15.7 Å². The zero-order valence-electron chi connectivity index (χ0n) is 11.8. The van der Waals surface area contributed by atoms with Crippen molar-refractivity contribution in [2.45, 2.75) is 58.0 Å². The van der Waals surface area contributed by atoms with E-state index in [9.17, 15) is 14.7 Å². The Labute approximate surface area is 118 Å². The fourth-order valence-corrected chi connectivity index (χ4v) is 1.67. The molecule has 0 aliphatic heterocycles. The summed E-state index contributed by atoms with van der Waals surface area (Å²) in [7, 11) is 0. The quantitative estimate of drug-likeness (QED) is 0.151. The van der Waals surface area contributed by atoms with E-state index in [0.29, 0.717) is 12.8 Å². The Morgan fingerprint density at radius 2 is 1.90 bits per heavy atom. The molecule has 0 aromatic heterocycles. The standard InChI is InChI=1S/C14H22N2O4/c1-2-3-4-5-6-7-8-9-11(17)10-12(18)13(16-15)14(19)20/h6-7,11,17H,2-5,8-10H2,1H3,(H,19,20). The highest BCUT2D eigenvalue weighted by Gasteiger charge is 2.30. The van der Waals surface area contributed by atoms with Crippen molar-refractivity contribution < 1.29 is 24.6 Å². The van der Waals surface area contributed by atoms with E-state index in [1.54, 1.807) is 0 Å². The lowest BCUT2D eigenvalue weighted by Crippen LogP contribution is -2.28. The molecule has 1 atom stereocenters. The van der Waals surface area contributed by atoms with Crippen LogP contribution in [0.1, 0.15) is 51.9 Å². The van der Waals surface area contributed by atoms with Crippen molar-refractivity contribution in [2.24, 2.45) is 0 Å². The van der Waals surface area contributed by atoms with Crippen molar-refractivity contribution in [3.63, 3.8) is 0 Å². The lowest BCUT2D eigenvalue weighted by atomic mass is 10.0. The molecule has 1 unspecified atom stereocenters. The maximum Gasteiger partial charge on any atom is 0.441 e. The molecule has 2 N–H and O–H groups in total. The molecule has 0 aromatic rings. The van der Waals surface area contributed by atoms with Gasteiger partial charge >= 0.3 is 11.7 Å². The van der Waals surface area contributed by atoms with Crippen LogP contribution >= 0.6 is 0 Å². The number of carbonyl (C=O) groups is 2. The van der Waals surface area contributed by atoms with Crippen LogP contribution in [0.25, 0.3) is 5.53 Å². The first kappa shape index (κ1) is 18.2. The normalized spacial score (nSPS) is 12.1. The van der Waals surface area contributed by atoms with Crippen LogP contribution in [-0.2, 0) is 9.59 Å². The number of ketones is 1. The molecule has 20 heavy (non-hydrogen) atoms. The van der Waals surface area contributed by atoms with Crippen molar-refractivity contribution in [3.05, 3.63) is 17.7 Å². The first-order valence-electron chi connectivity index (χ1n) is 6.84. The molecule has 0 radical (unpaired) electrons. The van der Waals surface area contributed by atoms with Gasteiger partial charge in [0.1, 0.15) is 0 Å². The number of rotatable bonds is 11. The third kappa shape index (κ3) is 8.34. The van der Waals surface area contributed by atoms with E-state index in [2.05, 4.69) is 11.7 Å². The fourth-order valence-electron chi connectivity index (χ4n) is 1.67. The lowest BCUT2D eigenvalue weighted by molar-refractivity contribution is -0.137. The number of hydrogen-bond acceptors (Lipinski definition) is 3. The van der Waals surface area contributed by atoms with Gasteiger partial charge in [-0.15, -0.1) is 0 Å². The Morgan fingerprint density at radius 1 is 1.25 bits per heavy atom. The Bertz CT molecular complexity index is 398. The number of aliphatic hydroxyl groups is 1. The molecule has 0 saturated carbocycles. The third-order valence-corrected chi connectivity index (χ3v) is 2.80. The van der Waals surface area contributed by atoms with Crippen LogP contribution < -0.4 is 0 Å². The molecule has 0 rings (SSSR count). The summed E-state index contributed by atoms with van der Waals surface area (Å²) in [6, 6.07) is 0. The smallest absolute Gasteiger partial charge is 0.441 e. The second-order valence-corrected chi connectivity index (χ2v) is 4.58. The summed E-state index contributed by atoms with van der Waals surface area (Å²) in [5.74, 6) is -2.47.